The third kappa shape index (κ3) is 4.31. The molecule has 0 aromatic heterocycles. The fraction of sp³-hybridized carbons (Fsp3) is 0.714. The van der Waals surface area contributed by atoms with Crippen LogP contribution in [0.5, 0.6) is 0 Å². The van der Waals surface area contributed by atoms with Gasteiger partial charge in [0.15, 0.2) is 12.1 Å². The number of rotatable bonds is 8. The summed E-state index contributed by atoms with van der Waals surface area (Å²) in [6.07, 6.45) is 0.781. The zero-order valence-corrected chi connectivity index (χ0v) is 18.0. The number of hydrogen-bond donors (Lipinski definition) is 2. The molecule has 0 radical (unpaired) electrons. The molecule has 0 bridgehead atoms. The molecular weight excluding hydrogens is 394 g/mol. The molecule has 2 N–H and O–H groups in total. The summed E-state index contributed by atoms with van der Waals surface area (Å²) in [7, 11) is 1.28. The molecule has 30 heavy (non-hydrogen) atoms. The molecule has 0 amide bonds. The molecule has 2 rings (SSSR count). The summed E-state index contributed by atoms with van der Waals surface area (Å²) in [5.74, 6) is -1.96. The first-order chi connectivity index (χ1) is 15.0. The minimum absolute atomic E-state index is 0.0929. The number of ether oxygens (including phenoxy) is 3. The lowest BCUT2D eigenvalue weighted by molar-refractivity contribution is -0.877. The number of esters is 2. The third-order valence-electron chi connectivity index (χ3n) is 6.05. The maximum atomic E-state index is 13.2. The lowest BCUT2D eigenvalue weighted by Crippen LogP contribution is -2.63. The molecule has 2 heterocycles. The number of allylic oxidation sites excluding steroid dienone is 1. The first-order valence-electron chi connectivity index (χ1n) is 11.3. The van der Waals surface area contributed by atoms with Crippen molar-refractivity contribution in [2.75, 3.05) is 26.8 Å². The maximum Gasteiger partial charge on any atom is 0.344 e. The molecule has 0 saturated carbocycles. The van der Waals surface area contributed by atoms with Gasteiger partial charge in [0, 0.05) is 28.8 Å². The minimum Gasteiger partial charge on any atom is -0.632 e. The number of hydrogen-bond acceptors (Lipinski definition) is 8. The zero-order valence-electron chi connectivity index (χ0n) is 21.0. The van der Waals surface area contributed by atoms with E-state index in [0.29, 0.717) is 5.57 Å². The van der Waals surface area contributed by atoms with Gasteiger partial charge >= 0.3 is 11.9 Å². The summed E-state index contributed by atoms with van der Waals surface area (Å²) >= 11 is 0. The summed E-state index contributed by atoms with van der Waals surface area (Å²) < 4.78 is 36.8. The van der Waals surface area contributed by atoms with Crippen LogP contribution in [0.3, 0.4) is 0 Å². The highest BCUT2D eigenvalue weighted by Gasteiger charge is 2.56. The van der Waals surface area contributed by atoms with Gasteiger partial charge < -0.3 is 34.3 Å². The summed E-state index contributed by atoms with van der Waals surface area (Å²) in [5.41, 5.74) is -3.93. The van der Waals surface area contributed by atoms with Crippen LogP contribution in [0.25, 0.3) is 0 Å². The summed E-state index contributed by atoms with van der Waals surface area (Å²) in [6.45, 7) is 2.71. The Balaban J connectivity index is 2.15. The first kappa shape index (κ1) is 20.1. The van der Waals surface area contributed by atoms with Crippen molar-refractivity contribution in [2.45, 2.75) is 70.4 Å². The monoisotopic (exact) mass is 430 g/mol. The molecule has 170 valence electrons. The predicted molar refractivity (Wildman–Crippen MR) is 108 cm³/mol. The average molecular weight is 431 g/mol. The Hall–Kier alpha value is -1.78. The molecule has 1 fully saturated rings. The fourth-order valence-corrected chi connectivity index (χ4v) is 3.98. The molecule has 1 unspecified atom stereocenters. The van der Waals surface area contributed by atoms with Crippen LogP contribution in [0.1, 0.15) is 45.1 Å². The van der Waals surface area contributed by atoms with Crippen LogP contribution in [0, 0.1) is 5.21 Å². The lowest BCUT2D eigenvalue weighted by atomic mass is 9.81. The van der Waals surface area contributed by atoms with Gasteiger partial charge in [-0.1, -0.05) is 6.08 Å². The van der Waals surface area contributed by atoms with Crippen molar-refractivity contribution in [1.82, 2.24) is 0 Å². The van der Waals surface area contributed by atoms with Crippen molar-refractivity contribution in [2.24, 2.45) is 0 Å². The van der Waals surface area contributed by atoms with Crippen molar-refractivity contribution in [3.05, 3.63) is 28.5 Å². The van der Waals surface area contributed by atoms with E-state index in [2.05, 4.69) is 0 Å². The number of fused-ring (bicyclic) bond motifs is 1. The largest absolute Gasteiger partial charge is 0.632 e. The topological polar surface area (TPSA) is 125 Å². The van der Waals surface area contributed by atoms with Gasteiger partial charge in [-0.15, -0.1) is 0 Å². The quantitative estimate of drug-likeness (QED) is 0.192. The smallest absolute Gasteiger partial charge is 0.344 e. The maximum absolute atomic E-state index is 13.2. The van der Waals surface area contributed by atoms with Gasteiger partial charge in [0.1, 0.15) is 12.2 Å². The van der Waals surface area contributed by atoms with E-state index in [1.54, 1.807) is 6.08 Å². The Morgan fingerprint density at radius 3 is 2.70 bits per heavy atom. The Bertz CT molecular complexity index is 834. The number of nitrogens with zero attached hydrogens (tertiary/aromatic N) is 1. The summed E-state index contributed by atoms with van der Waals surface area (Å²) in [5, 5.41) is 34.4. The number of methoxy groups -OCH3 is 1. The van der Waals surface area contributed by atoms with Gasteiger partial charge in [0.25, 0.3) is 0 Å². The lowest BCUT2D eigenvalue weighted by Gasteiger charge is -2.41. The van der Waals surface area contributed by atoms with E-state index in [9.17, 15) is 25.0 Å². The van der Waals surface area contributed by atoms with Crippen molar-refractivity contribution in [3.8, 4) is 0 Å². The number of hydroxylamine groups is 3. The van der Waals surface area contributed by atoms with E-state index in [1.807, 2.05) is 0 Å². The van der Waals surface area contributed by atoms with E-state index < -0.39 is 52.9 Å². The number of aliphatic hydroxyl groups is 2. The zero-order chi connectivity index (χ0) is 25.4. The number of quaternary nitrogens is 1. The molecule has 0 spiro atoms. The van der Waals surface area contributed by atoms with Crippen LogP contribution in [0.2, 0.25) is 0 Å². The molecule has 9 nitrogen and oxygen atoms in total. The molecule has 1 saturated heterocycles. The van der Waals surface area contributed by atoms with Crippen molar-refractivity contribution in [3.63, 3.8) is 0 Å². The Morgan fingerprint density at radius 1 is 1.47 bits per heavy atom. The second-order valence-corrected chi connectivity index (χ2v) is 8.42. The van der Waals surface area contributed by atoms with Crippen LogP contribution in [-0.2, 0) is 23.8 Å². The van der Waals surface area contributed by atoms with Crippen LogP contribution < -0.4 is 0 Å². The van der Waals surface area contributed by atoms with Gasteiger partial charge in [-0.2, -0.15) is 0 Å². The molecule has 2 aliphatic rings. The highest BCUT2D eigenvalue weighted by atomic mass is 16.6. The van der Waals surface area contributed by atoms with Crippen LogP contribution in [-0.4, -0.2) is 83.1 Å². The van der Waals surface area contributed by atoms with Crippen molar-refractivity contribution >= 4 is 11.9 Å². The van der Waals surface area contributed by atoms with Crippen LogP contribution in [0.15, 0.2) is 23.3 Å². The third-order valence-corrected chi connectivity index (χ3v) is 6.05. The van der Waals surface area contributed by atoms with Gasteiger partial charge in [-0.25, -0.2) is 9.59 Å². The van der Waals surface area contributed by atoms with E-state index in [4.69, 9.17) is 18.3 Å². The highest BCUT2D eigenvalue weighted by Crippen LogP contribution is 2.38. The highest BCUT2D eigenvalue weighted by molar-refractivity contribution is 5.87. The number of carbonyl (C=O) groups is 2. The number of carbonyl (C=O) groups excluding carboxylic acids is 2. The molecule has 5 atom stereocenters. The standard InChI is InChI=1S/C21H33NO8/c1-7-13(2)18(23)30-16-9-11-22(27)10-8-15(17(16)22)12-29-19(24)21(26,14(3)28-6)20(4,5)25/h7-8,14,16-17,25-26H,9-12H2,1-6H3/b13-7+/t14-,16-,17+,21-,22?/m0/s1/i1D3. The molecule has 2 aliphatic heterocycles. The van der Waals surface area contributed by atoms with Gasteiger partial charge in [-0.3, -0.25) is 0 Å². The molecule has 0 aliphatic carbocycles. The van der Waals surface area contributed by atoms with E-state index in [1.165, 1.54) is 34.8 Å². The Labute approximate surface area is 181 Å². The van der Waals surface area contributed by atoms with Gasteiger partial charge in [0.2, 0.25) is 5.60 Å². The summed E-state index contributed by atoms with van der Waals surface area (Å²) in [4.78, 5) is 25.1. The molecule has 0 aromatic rings. The van der Waals surface area contributed by atoms with Crippen LogP contribution in [0.4, 0.5) is 0 Å². The predicted octanol–water partition coefficient (Wildman–Crippen LogP) is 0.971. The molecule has 9 heteroatoms. The van der Waals surface area contributed by atoms with E-state index >= 15 is 0 Å². The second-order valence-electron chi connectivity index (χ2n) is 8.42. The summed E-state index contributed by atoms with van der Waals surface area (Å²) in [6, 6.07) is -0.822. The first-order valence-corrected chi connectivity index (χ1v) is 9.78. The van der Waals surface area contributed by atoms with Crippen molar-refractivity contribution in [1.29, 1.82) is 0 Å². The van der Waals surface area contributed by atoms with E-state index in [0.717, 1.165) is 6.08 Å². The van der Waals surface area contributed by atoms with Gasteiger partial charge in [0.05, 0.1) is 19.2 Å². The second kappa shape index (κ2) is 8.76. The Morgan fingerprint density at radius 2 is 2.13 bits per heavy atom. The molecular formula is C21H33NO8. The fourth-order valence-electron chi connectivity index (χ4n) is 3.98. The molecule has 0 aromatic carbocycles. The normalized spacial score (nSPS) is 31.5. The van der Waals surface area contributed by atoms with E-state index in [-0.39, 0.29) is 31.7 Å². The average Bonchev–Trinajstić information content (AvgIpc) is 3.18. The van der Waals surface area contributed by atoms with Crippen molar-refractivity contribution < 1.29 is 42.8 Å². The van der Waals surface area contributed by atoms with Crippen LogP contribution >= 0.6 is 0 Å². The SMILES string of the molecule is [2H]C([2H])([2H])/C=C(\C)C(=O)O[C@H]1CC[N+]2([O-])CC=C(COC(=O)[C@@](O)([C@H](C)OC)C(C)(C)O)[C@H]12. The van der Waals surface area contributed by atoms with Gasteiger partial charge in [-0.05, 0) is 40.6 Å². The minimum atomic E-state index is -2.44. The Kier molecular flexibility index (Phi) is 5.88.